The first-order valence-electron chi connectivity index (χ1n) is 6.50. The molecule has 4 nitrogen and oxygen atoms in total. The van der Waals surface area contributed by atoms with Gasteiger partial charge in [0.25, 0.3) is 0 Å². The monoisotopic (exact) mass is 242 g/mol. The molecule has 1 rings (SSSR count). The predicted molar refractivity (Wildman–Crippen MR) is 68.7 cm³/mol. The van der Waals surface area contributed by atoms with Gasteiger partial charge < -0.3 is 15.4 Å². The number of likely N-dealkylation sites (N-methyl/N-ethyl adjacent to an activating group) is 1. The summed E-state index contributed by atoms with van der Waals surface area (Å²) in [5.41, 5.74) is 5.72. The van der Waals surface area contributed by atoms with E-state index in [0.29, 0.717) is 6.04 Å². The van der Waals surface area contributed by atoms with Crippen LogP contribution in [0.5, 0.6) is 0 Å². The van der Waals surface area contributed by atoms with Crippen molar-refractivity contribution >= 4 is 5.91 Å². The second kappa shape index (κ2) is 5.36. The molecule has 17 heavy (non-hydrogen) atoms. The maximum atomic E-state index is 12.2. The van der Waals surface area contributed by atoms with Crippen molar-refractivity contribution in [2.24, 2.45) is 5.73 Å². The van der Waals surface area contributed by atoms with E-state index in [9.17, 15) is 4.79 Å². The topological polar surface area (TPSA) is 55.6 Å². The van der Waals surface area contributed by atoms with Gasteiger partial charge in [0.05, 0.1) is 11.7 Å². The lowest BCUT2D eigenvalue weighted by atomic mass is 10.1. The highest BCUT2D eigenvalue weighted by atomic mass is 16.5. The molecule has 1 saturated carbocycles. The van der Waals surface area contributed by atoms with E-state index in [4.69, 9.17) is 10.5 Å². The molecule has 0 saturated heterocycles. The van der Waals surface area contributed by atoms with Gasteiger partial charge in [-0.05, 0) is 47.5 Å². The number of nitrogens with two attached hydrogens (primary N) is 1. The second-order valence-corrected chi connectivity index (χ2v) is 5.82. The van der Waals surface area contributed by atoms with Crippen molar-refractivity contribution in [2.75, 3.05) is 6.54 Å². The summed E-state index contributed by atoms with van der Waals surface area (Å²) in [4.78, 5) is 14.1. The lowest BCUT2D eigenvalue weighted by molar-refractivity contribution is -0.139. The van der Waals surface area contributed by atoms with Gasteiger partial charge in [-0.15, -0.1) is 0 Å². The highest BCUT2D eigenvalue weighted by molar-refractivity contribution is 5.82. The second-order valence-electron chi connectivity index (χ2n) is 5.82. The molecule has 0 aromatic heterocycles. The summed E-state index contributed by atoms with van der Waals surface area (Å²) in [7, 11) is 0. The van der Waals surface area contributed by atoms with Crippen LogP contribution >= 0.6 is 0 Å². The standard InChI is InChI=1S/C13H26N2O2/c1-6-15(10-7-8-10)12(16)11(14)9(2)17-13(3,4)5/h9-11H,6-8,14H2,1-5H3/t9-,11+/m1/s1. The zero-order valence-corrected chi connectivity index (χ0v) is 11.7. The molecule has 0 heterocycles. The minimum absolute atomic E-state index is 0.0201. The van der Waals surface area contributed by atoms with Gasteiger partial charge in [0.1, 0.15) is 6.04 Å². The summed E-state index contributed by atoms with van der Waals surface area (Å²) in [5, 5.41) is 0. The first-order chi connectivity index (χ1) is 7.76. The van der Waals surface area contributed by atoms with Gasteiger partial charge in [0.2, 0.25) is 5.91 Å². The van der Waals surface area contributed by atoms with Crippen molar-refractivity contribution in [3.63, 3.8) is 0 Å². The van der Waals surface area contributed by atoms with Crippen LogP contribution in [-0.2, 0) is 9.53 Å². The molecule has 0 aliphatic heterocycles. The van der Waals surface area contributed by atoms with Crippen LogP contribution in [0.15, 0.2) is 0 Å². The van der Waals surface area contributed by atoms with Gasteiger partial charge in [0, 0.05) is 12.6 Å². The van der Waals surface area contributed by atoms with Crippen LogP contribution in [0.2, 0.25) is 0 Å². The van der Waals surface area contributed by atoms with E-state index >= 15 is 0 Å². The zero-order valence-electron chi connectivity index (χ0n) is 11.7. The van der Waals surface area contributed by atoms with Crippen LogP contribution in [-0.4, -0.2) is 41.1 Å². The quantitative estimate of drug-likeness (QED) is 0.795. The van der Waals surface area contributed by atoms with E-state index in [2.05, 4.69) is 0 Å². The Bertz CT molecular complexity index is 269. The fraction of sp³-hybridized carbons (Fsp3) is 0.923. The smallest absolute Gasteiger partial charge is 0.242 e. The van der Waals surface area contributed by atoms with E-state index in [1.54, 1.807) is 0 Å². The average molecular weight is 242 g/mol. The maximum absolute atomic E-state index is 12.2. The molecule has 2 atom stereocenters. The van der Waals surface area contributed by atoms with E-state index < -0.39 is 6.04 Å². The first kappa shape index (κ1) is 14.5. The molecule has 0 radical (unpaired) electrons. The van der Waals surface area contributed by atoms with Crippen molar-refractivity contribution in [1.82, 2.24) is 4.90 Å². The van der Waals surface area contributed by atoms with Crippen LogP contribution in [0, 0.1) is 0 Å². The lowest BCUT2D eigenvalue weighted by Crippen LogP contribution is -2.52. The highest BCUT2D eigenvalue weighted by Crippen LogP contribution is 2.27. The number of ether oxygens (including phenoxy) is 1. The van der Waals surface area contributed by atoms with Gasteiger partial charge in [-0.1, -0.05) is 0 Å². The van der Waals surface area contributed by atoms with E-state index in [1.165, 1.54) is 0 Å². The molecule has 0 aromatic carbocycles. The normalized spacial score (nSPS) is 19.9. The number of amides is 1. The first-order valence-corrected chi connectivity index (χ1v) is 6.50. The maximum Gasteiger partial charge on any atom is 0.242 e. The summed E-state index contributed by atoms with van der Waals surface area (Å²) in [5.74, 6) is 0.0201. The third-order valence-electron chi connectivity index (χ3n) is 2.94. The van der Waals surface area contributed by atoms with Crippen LogP contribution in [0.4, 0.5) is 0 Å². The molecule has 0 spiro atoms. The van der Waals surface area contributed by atoms with Crippen molar-refractivity contribution in [3.8, 4) is 0 Å². The molecule has 4 heteroatoms. The van der Waals surface area contributed by atoms with Crippen molar-refractivity contribution in [1.29, 1.82) is 0 Å². The molecule has 2 N–H and O–H groups in total. The largest absolute Gasteiger partial charge is 0.371 e. The Balaban J connectivity index is 2.55. The van der Waals surface area contributed by atoms with E-state index in [1.807, 2.05) is 39.5 Å². The van der Waals surface area contributed by atoms with Crippen LogP contribution in [0.3, 0.4) is 0 Å². The Hall–Kier alpha value is -0.610. The summed E-state index contributed by atoms with van der Waals surface area (Å²) >= 11 is 0. The summed E-state index contributed by atoms with van der Waals surface area (Å²) in [6.45, 7) is 10.5. The highest BCUT2D eigenvalue weighted by Gasteiger charge is 2.36. The van der Waals surface area contributed by atoms with E-state index in [-0.39, 0.29) is 17.6 Å². The molecule has 0 aromatic rings. The molecular formula is C13H26N2O2. The minimum atomic E-state index is -0.560. The summed E-state index contributed by atoms with van der Waals surface area (Å²) in [6.07, 6.45) is 1.97. The molecule has 1 fully saturated rings. The van der Waals surface area contributed by atoms with Gasteiger partial charge in [0.15, 0.2) is 0 Å². The Labute approximate surface area is 104 Å². The van der Waals surface area contributed by atoms with Gasteiger partial charge >= 0.3 is 0 Å². The van der Waals surface area contributed by atoms with Gasteiger partial charge in [-0.2, -0.15) is 0 Å². The Kier molecular flexibility index (Phi) is 4.55. The molecule has 0 unspecified atom stereocenters. The third-order valence-corrected chi connectivity index (χ3v) is 2.94. The van der Waals surface area contributed by atoms with Crippen LogP contribution in [0.25, 0.3) is 0 Å². The van der Waals surface area contributed by atoms with E-state index in [0.717, 1.165) is 19.4 Å². The fourth-order valence-electron chi connectivity index (χ4n) is 2.00. The third kappa shape index (κ3) is 4.28. The SMILES string of the molecule is CCN(C(=O)[C@@H](N)[C@@H](C)OC(C)(C)C)C1CC1. The minimum Gasteiger partial charge on any atom is -0.371 e. The fourth-order valence-corrected chi connectivity index (χ4v) is 2.00. The number of rotatable bonds is 5. The number of hydrogen-bond donors (Lipinski definition) is 1. The van der Waals surface area contributed by atoms with Crippen molar-refractivity contribution in [2.45, 2.75) is 71.2 Å². The Morgan fingerprint density at radius 3 is 2.35 bits per heavy atom. The molecule has 0 bridgehead atoms. The molecule has 100 valence electrons. The Morgan fingerprint density at radius 1 is 1.47 bits per heavy atom. The summed E-state index contributed by atoms with van der Waals surface area (Å²) in [6, 6.07) is -0.143. The van der Waals surface area contributed by atoms with Crippen molar-refractivity contribution in [3.05, 3.63) is 0 Å². The van der Waals surface area contributed by atoms with Crippen LogP contribution < -0.4 is 5.73 Å². The lowest BCUT2D eigenvalue weighted by Gasteiger charge is -2.31. The van der Waals surface area contributed by atoms with Crippen LogP contribution in [0.1, 0.15) is 47.5 Å². The number of nitrogens with zero attached hydrogens (tertiary/aromatic N) is 1. The number of hydrogen-bond acceptors (Lipinski definition) is 3. The molecule has 1 aliphatic rings. The Morgan fingerprint density at radius 2 is 2.00 bits per heavy atom. The van der Waals surface area contributed by atoms with Crippen molar-refractivity contribution < 1.29 is 9.53 Å². The van der Waals surface area contributed by atoms with Gasteiger partial charge in [-0.3, -0.25) is 4.79 Å². The average Bonchev–Trinajstić information content (AvgIpc) is 2.99. The number of carbonyl (C=O) groups excluding carboxylic acids is 1. The number of carbonyl (C=O) groups is 1. The molecule has 1 aliphatic carbocycles. The molecule has 1 amide bonds. The summed E-state index contributed by atoms with van der Waals surface area (Å²) < 4.78 is 5.74. The van der Waals surface area contributed by atoms with Gasteiger partial charge in [-0.25, -0.2) is 0 Å². The zero-order chi connectivity index (χ0) is 13.2. The predicted octanol–water partition coefficient (Wildman–Crippen LogP) is 1.53. The molecular weight excluding hydrogens is 216 g/mol.